The van der Waals surface area contributed by atoms with Crippen LogP contribution < -0.4 is 14.9 Å². The second-order valence-corrected chi connectivity index (χ2v) is 12.2. The molecule has 0 aliphatic carbocycles. The number of carbonyl (C=O) groups excluding carboxylic acids is 2. The number of hydrogen-bond donors (Lipinski definition) is 2. The van der Waals surface area contributed by atoms with Gasteiger partial charge in [-0.2, -0.15) is 0 Å². The van der Waals surface area contributed by atoms with Crippen LogP contribution in [-0.4, -0.2) is 64.1 Å². The molecule has 1 unspecified atom stereocenters. The lowest BCUT2D eigenvalue weighted by molar-refractivity contribution is -0.132. The zero-order chi connectivity index (χ0) is 25.3. The summed E-state index contributed by atoms with van der Waals surface area (Å²) in [5.41, 5.74) is 3.07. The highest BCUT2D eigenvalue weighted by Gasteiger charge is 2.47. The molecule has 2 saturated heterocycles. The molecule has 8 nitrogen and oxygen atoms in total. The van der Waals surface area contributed by atoms with E-state index in [1.165, 1.54) is 10.6 Å². The van der Waals surface area contributed by atoms with Gasteiger partial charge >= 0.3 is 0 Å². The van der Waals surface area contributed by atoms with E-state index < -0.39 is 10.0 Å². The monoisotopic (exact) mass is 510 g/mol. The highest BCUT2D eigenvalue weighted by molar-refractivity contribution is 7.92. The number of nitrogens with zero attached hydrogens (tertiary/aromatic N) is 2. The van der Waals surface area contributed by atoms with E-state index in [4.69, 9.17) is 0 Å². The van der Waals surface area contributed by atoms with Crippen LogP contribution >= 0.6 is 0 Å². The summed E-state index contributed by atoms with van der Waals surface area (Å²) in [5.74, 6) is -0.0314. The Labute approximate surface area is 213 Å². The Bertz CT molecular complexity index is 1250. The summed E-state index contributed by atoms with van der Waals surface area (Å²) in [6.45, 7) is 3.21. The first-order valence-corrected chi connectivity index (χ1v) is 14.6. The highest BCUT2D eigenvalue weighted by Crippen LogP contribution is 2.47. The number of rotatable bonds is 5. The van der Waals surface area contributed by atoms with E-state index in [0.717, 1.165) is 49.0 Å². The number of piperidine rings is 2. The number of fused-ring (bicyclic) bond motifs is 2. The molecule has 9 heteroatoms. The quantitative estimate of drug-likeness (QED) is 0.644. The van der Waals surface area contributed by atoms with E-state index in [-0.39, 0.29) is 29.6 Å². The third-order valence-electron chi connectivity index (χ3n) is 7.95. The van der Waals surface area contributed by atoms with Crippen LogP contribution in [0.2, 0.25) is 0 Å². The van der Waals surface area contributed by atoms with Crippen LogP contribution in [0, 0.1) is 5.92 Å². The SMILES string of the molecule is CS(=O)(=O)N1CC2(CCN(C(=O)Cc3ccccc3NC(=O)C3CCCNC3)CC2)c2ccccc21. The molecule has 36 heavy (non-hydrogen) atoms. The zero-order valence-electron chi connectivity index (χ0n) is 20.7. The van der Waals surface area contributed by atoms with Crippen molar-refractivity contribution in [2.24, 2.45) is 5.92 Å². The summed E-state index contributed by atoms with van der Waals surface area (Å²) < 4.78 is 26.4. The molecule has 2 fully saturated rings. The minimum atomic E-state index is -3.37. The number of anilines is 2. The van der Waals surface area contributed by atoms with Gasteiger partial charge in [0.2, 0.25) is 21.8 Å². The topological polar surface area (TPSA) is 98.8 Å². The number of hydrogen-bond acceptors (Lipinski definition) is 5. The van der Waals surface area contributed by atoms with Gasteiger partial charge in [-0.15, -0.1) is 0 Å². The Hall–Kier alpha value is -2.91. The molecular weight excluding hydrogens is 476 g/mol. The van der Waals surface area contributed by atoms with Crippen molar-refractivity contribution in [2.45, 2.75) is 37.5 Å². The first-order chi connectivity index (χ1) is 17.3. The summed E-state index contributed by atoms with van der Waals surface area (Å²) in [7, 11) is -3.37. The second kappa shape index (κ2) is 9.86. The van der Waals surface area contributed by atoms with Crippen molar-refractivity contribution < 1.29 is 18.0 Å². The number of benzene rings is 2. The van der Waals surface area contributed by atoms with E-state index in [2.05, 4.69) is 10.6 Å². The van der Waals surface area contributed by atoms with Gasteiger partial charge in [0.05, 0.1) is 24.3 Å². The van der Waals surface area contributed by atoms with Crippen molar-refractivity contribution >= 4 is 33.2 Å². The molecule has 3 heterocycles. The van der Waals surface area contributed by atoms with Crippen molar-refractivity contribution in [1.29, 1.82) is 0 Å². The van der Waals surface area contributed by atoms with Gasteiger partial charge < -0.3 is 15.5 Å². The molecule has 1 atom stereocenters. The van der Waals surface area contributed by atoms with Crippen LogP contribution in [0.5, 0.6) is 0 Å². The van der Waals surface area contributed by atoms with Gasteiger partial charge in [-0.1, -0.05) is 36.4 Å². The van der Waals surface area contributed by atoms with Gasteiger partial charge in [-0.3, -0.25) is 13.9 Å². The highest BCUT2D eigenvalue weighted by atomic mass is 32.2. The Morgan fingerprint density at radius 2 is 1.81 bits per heavy atom. The molecule has 2 aromatic carbocycles. The van der Waals surface area contributed by atoms with Crippen LogP contribution in [0.1, 0.15) is 36.8 Å². The van der Waals surface area contributed by atoms with Crippen molar-refractivity contribution in [1.82, 2.24) is 10.2 Å². The first-order valence-electron chi connectivity index (χ1n) is 12.7. The third-order valence-corrected chi connectivity index (χ3v) is 9.07. The fourth-order valence-corrected chi connectivity index (χ4v) is 6.87. The van der Waals surface area contributed by atoms with Crippen molar-refractivity contribution in [3.63, 3.8) is 0 Å². The van der Waals surface area contributed by atoms with E-state index in [1.54, 1.807) is 0 Å². The normalized spacial score (nSPS) is 21.3. The minimum absolute atomic E-state index is 0.00246. The van der Waals surface area contributed by atoms with Gasteiger partial charge in [0, 0.05) is 37.3 Å². The molecule has 3 aliphatic heterocycles. The predicted octanol–water partition coefficient (Wildman–Crippen LogP) is 2.51. The van der Waals surface area contributed by atoms with Crippen molar-refractivity contribution in [2.75, 3.05) is 48.6 Å². The molecule has 0 radical (unpaired) electrons. The number of likely N-dealkylation sites (tertiary alicyclic amines) is 1. The molecular formula is C27H34N4O4S. The summed E-state index contributed by atoms with van der Waals surface area (Å²) in [4.78, 5) is 27.9. The maximum Gasteiger partial charge on any atom is 0.232 e. The molecule has 0 saturated carbocycles. The lowest BCUT2D eigenvalue weighted by Crippen LogP contribution is -2.48. The summed E-state index contributed by atoms with van der Waals surface area (Å²) in [6.07, 6.45) is 4.76. The number of carbonyl (C=O) groups is 2. The first kappa shape index (κ1) is 24.8. The Morgan fingerprint density at radius 3 is 2.53 bits per heavy atom. The standard InChI is InChI=1S/C27H34N4O4S/c1-36(34,35)31-19-27(22-9-3-5-11-24(22)31)12-15-30(16-13-27)25(32)17-20-7-2-4-10-23(20)29-26(33)21-8-6-14-28-18-21/h2-5,7,9-11,21,28H,6,8,12-19H2,1H3,(H,29,33). The average Bonchev–Trinajstić information content (AvgIpc) is 3.20. The van der Waals surface area contributed by atoms with Crippen LogP contribution in [0.4, 0.5) is 11.4 Å². The van der Waals surface area contributed by atoms with E-state index in [1.807, 2.05) is 53.4 Å². The second-order valence-electron chi connectivity index (χ2n) is 10.3. The average molecular weight is 511 g/mol. The third kappa shape index (κ3) is 4.86. The van der Waals surface area contributed by atoms with Crippen LogP contribution in [0.15, 0.2) is 48.5 Å². The maximum absolute atomic E-state index is 13.3. The molecule has 3 aliphatic rings. The van der Waals surface area contributed by atoms with E-state index in [0.29, 0.717) is 31.9 Å². The summed E-state index contributed by atoms with van der Waals surface area (Å²) in [6, 6.07) is 15.2. The van der Waals surface area contributed by atoms with Gasteiger partial charge in [0.1, 0.15) is 0 Å². The van der Waals surface area contributed by atoms with E-state index >= 15 is 0 Å². The summed E-state index contributed by atoms with van der Waals surface area (Å²) >= 11 is 0. The smallest absolute Gasteiger partial charge is 0.232 e. The molecule has 5 rings (SSSR count). The van der Waals surface area contributed by atoms with Gasteiger partial charge in [0.25, 0.3) is 0 Å². The Balaban J connectivity index is 1.25. The fourth-order valence-electron chi connectivity index (χ4n) is 5.87. The summed E-state index contributed by atoms with van der Waals surface area (Å²) in [5, 5.41) is 6.32. The van der Waals surface area contributed by atoms with Gasteiger partial charge in [0.15, 0.2) is 0 Å². The number of nitrogens with one attached hydrogen (secondary N) is 2. The molecule has 2 N–H and O–H groups in total. The van der Waals surface area contributed by atoms with E-state index in [9.17, 15) is 18.0 Å². The minimum Gasteiger partial charge on any atom is -0.342 e. The fraction of sp³-hybridized carbons (Fsp3) is 0.481. The largest absolute Gasteiger partial charge is 0.342 e. The van der Waals surface area contributed by atoms with Crippen LogP contribution in [0.3, 0.4) is 0 Å². The maximum atomic E-state index is 13.3. The number of para-hydroxylation sites is 2. The zero-order valence-corrected chi connectivity index (χ0v) is 21.5. The van der Waals surface area contributed by atoms with Crippen LogP contribution in [0.25, 0.3) is 0 Å². The van der Waals surface area contributed by atoms with Crippen molar-refractivity contribution in [3.8, 4) is 0 Å². The lowest BCUT2D eigenvalue weighted by Gasteiger charge is -2.40. The predicted molar refractivity (Wildman–Crippen MR) is 140 cm³/mol. The Morgan fingerprint density at radius 1 is 1.08 bits per heavy atom. The number of amides is 2. The van der Waals surface area contributed by atoms with Gasteiger partial charge in [-0.25, -0.2) is 8.42 Å². The molecule has 0 bridgehead atoms. The molecule has 1 spiro atoms. The Kier molecular flexibility index (Phi) is 6.78. The lowest BCUT2D eigenvalue weighted by atomic mass is 9.74. The molecule has 2 aromatic rings. The van der Waals surface area contributed by atoms with Gasteiger partial charge in [-0.05, 0) is 55.5 Å². The van der Waals surface area contributed by atoms with Crippen molar-refractivity contribution in [3.05, 3.63) is 59.7 Å². The molecule has 192 valence electrons. The van der Waals surface area contributed by atoms with Crippen LogP contribution in [-0.2, 0) is 31.4 Å². The molecule has 0 aromatic heterocycles. The molecule has 2 amide bonds. The number of sulfonamides is 1.